The lowest BCUT2D eigenvalue weighted by Crippen LogP contribution is -2.46. The second kappa shape index (κ2) is 6.36. The van der Waals surface area contributed by atoms with Crippen LogP contribution in [0.5, 0.6) is 0 Å². The van der Waals surface area contributed by atoms with Gasteiger partial charge in [-0.25, -0.2) is 4.98 Å². The van der Waals surface area contributed by atoms with Gasteiger partial charge in [-0.3, -0.25) is 4.90 Å². The summed E-state index contributed by atoms with van der Waals surface area (Å²) in [5.41, 5.74) is 1.23. The Balaban J connectivity index is 1.91. The first kappa shape index (κ1) is 12.8. The van der Waals surface area contributed by atoms with Crippen LogP contribution >= 0.6 is 15.9 Å². The van der Waals surface area contributed by atoms with Crippen molar-refractivity contribution in [1.29, 1.82) is 0 Å². The Labute approximate surface area is 112 Å². The van der Waals surface area contributed by atoms with E-state index in [0.717, 1.165) is 37.3 Å². The van der Waals surface area contributed by atoms with Gasteiger partial charge in [0.2, 0.25) is 0 Å². The van der Waals surface area contributed by atoms with Gasteiger partial charge < -0.3 is 4.90 Å². The van der Waals surface area contributed by atoms with Gasteiger partial charge in [0.15, 0.2) is 0 Å². The molecule has 17 heavy (non-hydrogen) atoms. The van der Waals surface area contributed by atoms with Gasteiger partial charge in [0.1, 0.15) is 5.82 Å². The number of rotatable bonds is 4. The number of piperazine rings is 1. The molecule has 0 atom stereocenters. The normalized spacial score (nSPS) is 17.4. The second-order valence-corrected chi connectivity index (χ2v) is 5.05. The van der Waals surface area contributed by atoms with E-state index in [1.165, 1.54) is 18.5 Å². The minimum atomic E-state index is 0.880. The highest BCUT2D eigenvalue weighted by molar-refractivity contribution is 9.08. The summed E-state index contributed by atoms with van der Waals surface area (Å²) in [5, 5.41) is 0.880. The van der Waals surface area contributed by atoms with Crippen molar-refractivity contribution in [2.24, 2.45) is 0 Å². The highest BCUT2D eigenvalue weighted by Crippen LogP contribution is 2.15. The van der Waals surface area contributed by atoms with E-state index in [1.807, 2.05) is 6.20 Å². The Morgan fingerprint density at radius 1 is 1.24 bits per heavy atom. The highest BCUT2D eigenvalue weighted by atomic mass is 79.9. The average Bonchev–Trinajstić information content (AvgIpc) is 2.40. The zero-order chi connectivity index (χ0) is 12.1. The lowest BCUT2D eigenvalue weighted by molar-refractivity contribution is 0.258. The third-order valence-corrected chi connectivity index (χ3v) is 3.85. The van der Waals surface area contributed by atoms with Crippen LogP contribution in [0.1, 0.15) is 18.9 Å². The molecule has 2 heterocycles. The maximum absolute atomic E-state index is 4.52. The zero-order valence-corrected chi connectivity index (χ0v) is 12.0. The number of pyridine rings is 1. The summed E-state index contributed by atoms with van der Waals surface area (Å²) < 4.78 is 0. The molecule has 0 saturated carbocycles. The fourth-order valence-corrected chi connectivity index (χ4v) is 2.53. The van der Waals surface area contributed by atoms with E-state index in [2.05, 4.69) is 49.8 Å². The lowest BCUT2D eigenvalue weighted by atomic mass is 10.2. The van der Waals surface area contributed by atoms with Crippen LogP contribution in [0, 0.1) is 0 Å². The molecule has 0 amide bonds. The summed E-state index contributed by atoms with van der Waals surface area (Å²) in [6.45, 7) is 7.99. The third kappa shape index (κ3) is 3.42. The third-order valence-electron chi connectivity index (χ3n) is 3.20. The van der Waals surface area contributed by atoms with Crippen molar-refractivity contribution < 1.29 is 0 Å². The Hall–Kier alpha value is -0.610. The molecule has 2 rings (SSSR count). The topological polar surface area (TPSA) is 19.4 Å². The quantitative estimate of drug-likeness (QED) is 0.796. The van der Waals surface area contributed by atoms with E-state index in [0.29, 0.717) is 0 Å². The minimum Gasteiger partial charge on any atom is -0.354 e. The smallest absolute Gasteiger partial charge is 0.128 e. The Bertz CT molecular complexity index is 331. The molecule has 1 saturated heterocycles. The molecule has 1 aromatic heterocycles. The summed E-state index contributed by atoms with van der Waals surface area (Å²) in [6.07, 6.45) is 3.21. The van der Waals surface area contributed by atoms with Crippen LogP contribution in [0.2, 0.25) is 0 Å². The van der Waals surface area contributed by atoms with Crippen LogP contribution in [0.15, 0.2) is 18.3 Å². The van der Waals surface area contributed by atoms with E-state index in [-0.39, 0.29) is 0 Å². The monoisotopic (exact) mass is 297 g/mol. The summed E-state index contributed by atoms with van der Waals surface area (Å²) in [6, 6.07) is 4.28. The lowest BCUT2D eigenvalue weighted by Gasteiger charge is -2.35. The van der Waals surface area contributed by atoms with Crippen LogP contribution in [0.4, 0.5) is 5.82 Å². The fraction of sp³-hybridized carbons (Fsp3) is 0.615. The van der Waals surface area contributed by atoms with E-state index < -0.39 is 0 Å². The largest absolute Gasteiger partial charge is 0.354 e. The summed E-state index contributed by atoms with van der Waals surface area (Å²) in [4.78, 5) is 9.43. The Morgan fingerprint density at radius 3 is 2.53 bits per heavy atom. The molecule has 3 nitrogen and oxygen atoms in total. The molecule has 1 aromatic rings. The van der Waals surface area contributed by atoms with Crippen LogP contribution in [-0.2, 0) is 5.33 Å². The summed E-state index contributed by atoms with van der Waals surface area (Å²) in [5.74, 6) is 1.12. The van der Waals surface area contributed by atoms with Gasteiger partial charge >= 0.3 is 0 Å². The van der Waals surface area contributed by atoms with E-state index in [4.69, 9.17) is 0 Å². The molecule has 1 aliphatic rings. The molecule has 0 N–H and O–H groups in total. The molecular formula is C13H20BrN3. The van der Waals surface area contributed by atoms with E-state index >= 15 is 0 Å². The van der Waals surface area contributed by atoms with Crippen molar-refractivity contribution in [2.45, 2.75) is 18.7 Å². The van der Waals surface area contributed by atoms with Crippen LogP contribution in [0.3, 0.4) is 0 Å². The van der Waals surface area contributed by atoms with Gasteiger partial charge in [-0.05, 0) is 24.6 Å². The first-order chi connectivity index (χ1) is 8.33. The molecule has 1 aliphatic heterocycles. The second-order valence-electron chi connectivity index (χ2n) is 4.49. The number of halogens is 1. The van der Waals surface area contributed by atoms with Gasteiger partial charge in [0, 0.05) is 37.7 Å². The maximum atomic E-state index is 4.52. The van der Waals surface area contributed by atoms with Gasteiger partial charge in [0.25, 0.3) is 0 Å². The number of anilines is 1. The van der Waals surface area contributed by atoms with Crippen molar-refractivity contribution in [3.63, 3.8) is 0 Å². The van der Waals surface area contributed by atoms with E-state index in [1.54, 1.807) is 0 Å². The Morgan fingerprint density at radius 2 is 2.00 bits per heavy atom. The maximum Gasteiger partial charge on any atom is 0.128 e. The first-order valence-electron chi connectivity index (χ1n) is 6.31. The predicted octanol–water partition coefficient (Wildman–Crippen LogP) is 2.51. The molecule has 4 heteroatoms. The van der Waals surface area contributed by atoms with Gasteiger partial charge in [-0.1, -0.05) is 28.9 Å². The van der Waals surface area contributed by atoms with E-state index in [9.17, 15) is 0 Å². The average molecular weight is 298 g/mol. The highest BCUT2D eigenvalue weighted by Gasteiger charge is 2.16. The van der Waals surface area contributed by atoms with Crippen molar-refractivity contribution >= 4 is 21.7 Å². The predicted molar refractivity (Wildman–Crippen MR) is 75.8 cm³/mol. The van der Waals surface area contributed by atoms with Crippen LogP contribution in [-0.4, -0.2) is 42.6 Å². The number of hydrogen-bond acceptors (Lipinski definition) is 3. The van der Waals surface area contributed by atoms with Gasteiger partial charge in [-0.2, -0.15) is 0 Å². The number of aromatic nitrogens is 1. The zero-order valence-electron chi connectivity index (χ0n) is 10.4. The molecule has 0 aliphatic carbocycles. The molecular weight excluding hydrogens is 278 g/mol. The van der Waals surface area contributed by atoms with Crippen LogP contribution in [0.25, 0.3) is 0 Å². The van der Waals surface area contributed by atoms with Crippen molar-refractivity contribution in [2.75, 3.05) is 37.6 Å². The summed E-state index contributed by atoms with van der Waals surface area (Å²) in [7, 11) is 0. The summed E-state index contributed by atoms with van der Waals surface area (Å²) >= 11 is 3.44. The Kier molecular flexibility index (Phi) is 4.80. The SMILES string of the molecule is CCCN1CCN(c2ccc(CBr)cn2)CC1. The minimum absolute atomic E-state index is 0.880. The van der Waals surface area contributed by atoms with Crippen LogP contribution < -0.4 is 4.90 Å². The molecule has 0 radical (unpaired) electrons. The molecule has 0 unspecified atom stereocenters. The molecule has 94 valence electrons. The van der Waals surface area contributed by atoms with Gasteiger partial charge in [0.05, 0.1) is 0 Å². The molecule has 0 aromatic carbocycles. The fourth-order valence-electron chi connectivity index (χ4n) is 2.20. The van der Waals surface area contributed by atoms with Gasteiger partial charge in [-0.15, -0.1) is 0 Å². The van der Waals surface area contributed by atoms with Crippen molar-refractivity contribution in [1.82, 2.24) is 9.88 Å². The molecule has 0 spiro atoms. The molecule has 1 fully saturated rings. The van der Waals surface area contributed by atoms with Crippen molar-refractivity contribution in [3.05, 3.63) is 23.9 Å². The first-order valence-corrected chi connectivity index (χ1v) is 7.44. The van der Waals surface area contributed by atoms with Crippen molar-refractivity contribution in [3.8, 4) is 0 Å². The number of hydrogen-bond donors (Lipinski definition) is 0. The molecule has 0 bridgehead atoms. The number of nitrogens with zero attached hydrogens (tertiary/aromatic N) is 3. The standard InChI is InChI=1S/C13H20BrN3/c1-2-5-16-6-8-17(9-7-16)13-4-3-12(10-14)11-15-13/h3-4,11H,2,5-10H2,1H3. The number of alkyl halides is 1.